The fraction of sp³-hybridized carbons (Fsp3) is 0.700. The largest absolute Gasteiger partial charge is 0.354 e. The van der Waals surface area contributed by atoms with Crippen LogP contribution < -0.4 is 5.32 Å². The van der Waals surface area contributed by atoms with Crippen molar-refractivity contribution in [1.29, 1.82) is 0 Å². The first-order valence-corrected chi connectivity index (χ1v) is 5.10. The normalized spacial score (nSPS) is 20.1. The summed E-state index contributed by atoms with van der Waals surface area (Å²) < 4.78 is 12.6. The lowest BCUT2D eigenvalue weighted by molar-refractivity contribution is -0.114. The summed E-state index contributed by atoms with van der Waals surface area (Å²) in [4.78, 5) is 4.39. The van der Waals surface area contributed by atoms with E-state index >= 15 is 0 Å². The number of nitrogens with one attached hydrogen (secondary N) is 1. The first-order valence-electron chi connectivity index (χ1n) is 5.10. The number of hydrogen-bond acceptors (Lipinski definition) is 4. The van der Waals surface area contributed by atoms with E-state index in [4.69, 9.17) is 9.47 Å². The molecule has 1 aliphatic rings. The summed E-state index contributed by atoms with van der Waals surface area (Å²) in [5, 5.41) is 3.32. The molecular weight excluding hydrogens is 194 g/mol. The van der Waals surface area contributed by atoms with Gasteiger partial charge < -0.3 is 19.4 Å². The van der Waals surface area contributed by atoms with Crippen molar-refractivity contribution in [2.45, 2.75) is 32.2 Å². The van der Waals surface area contributed by atoms with Crippen LogP contribution in [-0.2, 0) is 16.0 Å². The molecule has 0 fully saturated rings. The molecule has 0 saturated heterocycles. The molecule has 0 saturated carbocycles. The molecule has 2 rings (SSSR count). The Kier molecular flexibility index (Phi) is 2.93. The molecule has 15 heavy (non-hydrogen) atoms. The molecule has 0 bridgehead atoms. The maximum Gasteiger partial charge on any atom is 0.203 e. The molecule has 0 aliphatic carbocycles. The summed E-state index contributed by atoms with van der Waals surface area (Å²) in [6.07, 6.45) is 2.82. The number of ether oxygens (including phenoxy) is 2. The molecular formula is C10H17N3O2. The fourth-order valence-electron chi connectivity index (χ4n) is 1.98. The van der Waals surface area contributed by atoms with Crippen LogP contribution in [0.25, 0.3) is 0 Å². The Morgan fingerprint density at radius 2 is 2.27 bits per heavy atom. The zero-order valence-corrected chi connectivity index (χ0v) is 9.36. The average molecular weight is 211 g/mol. The van der Waals surface area contributed by atoms with Crippen molar-refractivity contribution >= 4 is 5.95 Å². The van der Waals surface area contributed by atoms with Crippen LogP contribution in [0.2, 0.25) is 0 Å². The molecule has 1 aliphatic heterocycles. The van der Waals surface area contributed by atoms with Gasteiger partial charge in [-0.25, -0.2) is 4.98 Å². The van der Waals surface area contributed by atoms with Crippen LogP contribution in [0.3, 0.4) is 0 Å². The number of aromatic nitrogens is 2. The van der Waals surface area contributed by atoms with Gasteiger partial charge in [0.15, 0.2) is 6.29 Å². The Morgan fingerprint density at radius 3 is 2.93 bits per heavy atom. The topological polar surface area (TPSA) is 48.3 Å². The van der Waals surface area contributed by atoms with Crippen molar-refractivity contribution in [2.24, 2.45) is 0 Å². The van der Waals surface area contributed by atoms with Gasteiger partial charge in [0.25, 0.3) is 0 Å². The van der Waals surface area contributed by atoms with Crippen LogP contribution in [-0.4, -0.2) is 36.1 Å². The molecule has 0 amide bonds. The number of fused-ring (bicyclic) bond motifs is 1. The van der Waals surface area contributed by atoms with Gasteiger partial charge in [0.1, 0.15) is 0 Å². The van der Waals surface area contributed by atoms with E-state index in [1.165, 1.54) is 0 Å². The monoisotopic (exact) mass is 211 g/mol. The second-order valence-corrected chi connectivity index (χ2v) is 3.78. The minimum Gasteiger partial charge on any atom is -0.354 e. The number of aryl methyl sites for hydroxylation is 2. The Labute approximate surface area is 89.4 Å². The van der Waals surface area contributed by atoms with Crippen LogP contribution in [0.4, 0.5) is 5.95 Å². The minimum atomic E-state index is -0.212. The number of anilines is 1. The van der Waals surface area contributed by atoms with Crippen molar-refractivity contribution in [2.75, 3.05) is 19.5 Å². The first-order chi connectivity index (χ1) is 7.24. The lowest BCUT2D eigenvalue weighted by Crippen LogP contribution is -2.40. The van der Waals surface area contributed by atoms with Gasteiger partial charge in [0.2, 0.25) is 5.95 Å². The smallest absolute Gasteiger partial charge is 0.203 e. The summed E-state index contributed by atoms with van der Waals surface area (Å²) in [6.45, 7) is 2.95. The van der Waals surface area contributed by atoms with E-state index in [2.05, 4.69) is 14.9 Å². The third kappa shape index (κ3) is 1.98. The van der Waals surface area contributed by atoms with Crippen molar-refractivity contribution in [1.82, 2.24) is 9.55 Å². The standard InChI is InChI=1S/C10H17N3O2/c1-7-6-13-5-4-8(9(14-2)15-3)12-10(13)11-7/h6,8-9H,4-5H2,1-3H3,(H,11,12). The Bertz CT molecular complexity index is 333. The second-order valence-electron chi connectivity index (χ2n) is 3.78. The third-order valence-corrected chi connectivity index (χ3v) is 2.69. The Balaban J connectivity index is 2.10. The van der Waals surface area contributed by atoms with Gasteiger partial charge in [0, 0.05) is 27.0 Å². The summed E-state index contributed by atoms with van der Waals surface area (Å²) in [7, 11) is 3.31. The zero-order chi connectivity index (χ0) is 10.8. The van der Waals surface area contributed by atoms with E-state index in [9.17, 15) is 0 Å². The molecule has 1 N–H and O–H groups in total. The van der Waals surface area contributed by atoms with Gasteiger partial charge >= 0.3 is 0 Å². The van der Waals surface area contributed by atoms with Crippen LogP contribution in [0.15, 0.2) is 6.20 Å². The summed E-state index contributed by atoms with van der Waals surface area (Å²) in [5.41, 5.74) is 1.03. The highest BCUT2D eigenvalue weighted by Gasteiger charge is 2.26. The summed E-state index contributed by atoms with van der Waals surface area (Å²) in [5.74, 6) is 0.905. The number of hydrogen-bond donors (Lipinski definition) is 1. The quantitative estimate of drug-likeness (QED) is 0.758. The predicted molar refractivity (Wildman–Crippen MR) is 56.8 cm³/mol. The lowest BCUT2D eigenvalue weighted by atomic mass is 10.1. The zero-order valence-electron chi connectivity index (χ0n) is 9.36. The molecule has 0 aromatic carbocycles. The van der Waals surface area contributed by atoms with Gasteiger partial charge in [-0.15, -0.1) is 0 Å². The fourth-order valence-corrected chi connectivity index (χ4v) is 1.98. The number of imidazole rings is 1. The van der Waals surface area contributed by atoms with Crippen molar-refractivity contribution in [3.8, 4) is 0 Å². The second kappa shape index (κ2) is 4.20. The van der Waals surface area contributed by atoms with Gasteiger partial charge in [0.05, 0.1) is 11.7 Å². The predicted octanol–water partition coefficient (Wildman–Crippen LogP) is 0.995. The van der Waals surface area contributed by atoms with Gasteiger partial charge in [-0.05, 0) is 13.3 Å². The number of methoxy groups -OCH3 is 2. The highest BCUT2D eigenvalue weighted by molar-refractivity contribution is 5.32. The Hall–Kier alpha value is -1.07. The van der Waals surface area contributed by atoms with Gasteiger partial charge in [-0.2, -0.15) is 0 Å². The van der Waals surface area contributed by atoms with Crippen LogP contribution in [0.5, 0.6) is 0 Å². The van der Waals surface area contributed by atoms with Gasteiger partial charge in [-0.3, -0.25) is 0 Å². The molecule has 84 valence electrons. The van der Waals surface area contributed by atoms with Crippen LogP contribution in [0, 0.1) is 6.92 Å². The highest BCUT2D eigenvalue weighted by atomic mass is 16.7. The van der Waals surface area contributed by atoms with Crippen molar-refractivity contribution < 1.29 is 9.47 Å². The first kappa shape index (κ1) is 10.4. The molecule has 0 spiro atoms. The van der Waals surface area contributed by atoms with E-state index in [0.717, 1.165) is 24.6 Å². The molecule has 5 nitrogen and oxygen atoms in total. The number of rotatable bonds is 3. The lowest BCUT2D eigenvalue weighted by Gasteiger charge is -2.30. The van der Waals surface area contributed by atoms with E-state index in [1.54, 1.807) is 14.2 Å². The van der Waals surface area contributed by atoms with Crippen molar-refractivity contribution in [3.63, 3.8) is 0 Å². The molecule has 5 heteroatoms. The third-order valence-electron chi connectivity index (χ3n) is 2.69. The average Bonchev–Trinajstić information content (AvgIpc) is 2.59. The van der Waals surface area contributed by atoms with Crippen LogP contribution in [0.1, 0.15) is 12.1 Å². The molecule has 1 atom stereocenters. The summed E-state index contributed by atoms with van der Waals surface area (Å²) >= 11 is 0. The molecule has 1 aromatic rings. The molecule has 0 radical (unpaired) electrons. The molecule has 2 heterocycles. The minimum absolute atomic E-state index is 0.175. The van der Waals surface area contributed by atoms with E-state index in [0.29, 0.717) is 0 Å². The SMILES string of the molecule is COC(OC)C1CCn2cc(C)nc2N1. The molecule has 1 unspecified atom stereocenters. The number of nitrogens with zero attached hydrogens (tertiary/aromatic N) is 2. The van der Waals surface area contributed by atoms with Crippen LogP contribution >= 0.6 is 0 Å². The maximum atomic E-state index is 5.24. The van der Waals surface area contributed by atoms with E-state index in [-0.39, 0.29) is 12.3 Å². The summed E-state index contributed by atoms with van der Waals surface area (Å²) in [6, 6.07) is 0.175. The Morgan fingerprint density at radius 1 is 1.53 bits per heavy atom. The highest BCUT2D eigenvalue weighted by Crippen LogP contribution is 2.20. The molecule has 1 aromatic heterocycles. The van der Waals surface area contributed by atoms with Crippen molar-refractivity contribution in [3.05, 3.63) is 11.9 Å². The maximum absolute atomic E-state index is 5.24. The van der Waals surface area contributed by atoms with Gasteiger partial charge in [-0.1, -0.05) is 0 Å². The van der Waals surface area contributed by atoms with E-state index in [1.807, 2.05) is 13.1 Å². The van der Waals surface area contributed by atoms with E-state index < -0.39 is 0 Å².